The van der Waals surface area contributed by atoms with Crippen molar-refractivity contribution in [3.05, 3.63) is 0 Å². The first kappa shape index (κ1) is 7.86. The van der Waals surface area contributed by atoms with E-state index in [1.54, 1.807) is 0 Å². The van der Waals surface area contributed by atoms with Gasteiger partial charge in [0.25, 0.3) is 0 Å². The summed E-state index contributed by atoms with van der Waals surface area (Å²) >= 11 is 4.50. The summed E-state index contributed by atoms with van der Waals surface area (Å²) in [5, 5.41) is 7.17. The summed E-state index contributed by atoms with van der Waals surface area (Å²) in [6, 6.07) is 0.404. The van der Waals surface area contributed by atoms with Crippen molar-refractivity contribution in [2.24, 2.45) is 0 Å². The van der Waals surface area contributed by atoms with E-state index in [1.165, 1.54) is 0 Å². The second-order valence-corrected chi connectivity index (χ2v) is 3.74. The minimum absolute atomic E-state index is 0.194. The van der Waals surface area contributed by atoms with E-state index in [9.17, 15) is 0 Å². The molecular weight excluding hydrogens is 160 g/mol. The summed E-state index contributed by atoms with van der Waals surface area (Å²) in [6.07, 6.45) is 1.32. The Morgan fingerprint density at radius 1 is 1.27 bits per heavy atom. The third-order valence-corrected chi connectivity index (χ3v) is 2.89. The zero-order valence-electron chi connectivity index (χ0n) is 6.42. The molecule has 3 atom stereocenters. The van der Waals surface area contributed by atoms with Crippen LogP contribution in [-0.2, 0) is 4.74 Å². The fourth-order valence-corrected chi connectivity index (χ4v) is 2.09. The van der Waals surface area contributed by atoms with Crippen LogP contribution >= 0.6 is 12.6 Å². The minimum atomic E-state index is 0.194. The lowest BCUT2D eigenvalue weighted by Gasteiger charge is -2.40. The van der Waals surface area contributed by atoms with Gasteiger partial charge in [-0.3, -0.25) is 5.32 Å². The van der Waals surface area contributed by atoms with E-state index in [2.05, 4.69) is 23.3 Å². The van der Waals surface area contributed by atoms with Crippen LogP contribution in [0.1, 0.15) is 6.42 Å². The topological polar surface area (TPSA) is 33.3 Å². The Morgan fingerprint density at radius 2 is 2.18 bits per heavy atom. The molecule has 0 aromatic rings. The fourth-order valence-electron chi connectivity index (χ4n) is 1.70. The molecule has 2 fully saturated rings. The molecule has 3 nitrogen and oxygen atoms in total. The first-order valence-electron chi connectivity index (χ1n) is 4.14. The van der Waals surface area contributed by atoms with Crippen LogP contribution in [0, 0.1) is 0 Å². The molecule has 0 spiro atoms. The first-order chi connectivity index (χ1) is 5.38. The Morgan fingerprint density at radius 3 is 3.00 bits per heavy atom. The molecule has 0 amide bonds. The van der Waals surface area contributed by atoms with Crippen molar-refractivity contribution in [3.63, 3.8) is 0 Å². The van der Waals surface area contributed by atoms with Crippen molar-refractivity contribution >= 4 is 12.6 Å². The highest BCUT2D eigenvalue weighted by atomic mass is 32.1. The van der Waals surface area contributed by atoms with E-state index < -0.39 is 0 Å². The highest BCUT2D eigenvalue weighted by Crippen LogP contribution is 2.17. The average Bonchev–Trinajstić information content (AvgIpc) is 2.06. The van der Waals surface area contributed by atoms with Gasteiger partial charge in [-0.2, -0.15) is 12.6 Å². The predicted octanol–water partition coefficient (Wildman–Crippen LogP) is -0.407. The predicted molar refractivity (Wildman–Crippen MR) is 46.9 cm³/mol. The zero-order valence-corrected chi connectivity index (χ0v) is 7.31. The van der Waals surface area contributed by atoms with Gasteiger partial charge in [0.2, 0.25) is 0 Å². The van der Waals surface area contributed by atoms with Gasteiger partial charge >= 0.3 is 0 Å². The van der Waals surface area contributed by atoms with Gasteiger partial charge in [0.05, 0.1) is 12.6 Å². The number of ether oxygens (including phenoxy) is 1. The van der Waals surface area contributed by atoms with E-state index in [0.717, 1.165) is 26.1 Å². The summed E-state index contributed by atoms with van der Waals surface area (Å²) in [4.78, 5) is 0. The van der Waals surface area contributed by atoms with Crippen LogP contribution in [0.5, 0.6) is 0 Å². The van der Waals surface area contributed by atoms with Crippen LogP contribution in [-0.4, -0.2) is 37.2 Å². The van der Waals surface area contributed by atoms with Gasteiger partial charge in [-0.1, -0.05) is 0 Å². The third-order valence-electron chi connectivity index (χ3n) is 2.31. The summed E-state index contributed by atoms with van der Waals surface area (Å²) < 4.78 is 5.53. The molecule has 2 aliphatic heterocycles. The smallest absolute Gasteiger partial charge is 0.124 e. The third kappa shape index (κ3) is 1.54. The maximum Gasteiger partial charge on any atom is 0.124 e. The number of nitrogens with one attached hydrogen (secondary N) is 2. The standard InChI is InChI=1S/C7H14N2OS/c11-5-1-2-9-7-6(5)8-3-4-10-7/h5-9,11H,1-4H2. The summed E-state index contributed by atoms with van der Waals surface area (Å²) in [7, 11) is 0. The fraction of sp³-hybridized carbons (Fsp3) is 1.00. The zero-order chi connectivity index (χ0) is 7.68. The lowest BCUT2D eigenvalue weighted by Crippen LogP contribution is -2.62. The second kappa shape index (κ2) is 3.31. The van der Waals surface area contributed by atoms with E-state index in [-0.39, 0.29) is 6.23 Å². The second-order valence-electron chi connectivity index (χ2n) is 3.08. The molecule has 0 aliphatic carbocycles. The molecule has 0 bridgehead atoms. The van der Waals surface area contributed by atoms with Crippen molar-refractivity contribution in [1.29, 1.82) is 0 Å². The number of hydrogen-bond donors (Lipinski definition) is 3. The van der Waals surface area contributed by atoms with Crippen molar-refractivity contribution in [2.75, 3.05) is 19.7 Å². The van der Waals surface area contributed by atoms with Gasteiger partial charge in [0.15, 0.2) is 0 Å². The summed E-state index contributed by atoms with van der Waals surface area (Å²) in [5.41, 5.74) is 0. The Balaban J connectivity index is 1.99. The maximum absolute atomic E-state index is 5.53. The molecule has 4 heteroatoms. The Kier molecular flexibility index (Phi) is 2.36. The van der Waals surface area contributed by atoms with Crippen molar-refractivity contribution < 1.29 is 4.74 Å². The van der Waals surface area contributed by atoms with Crippen LogP contribution in [0.4, 0.5) is 0 Å². The van der Waals surface area contributed by atoms with Gasteiger partial charge in [0.1, 0.15) is 6.23 Å². The van der Waals surface area contributed by atoms with E-state index in [1.807, 2.05) is 0 Å². The lowest BCUT2D eigenvalue weighted by molar-refractivity contribution is -0.0355. The highest BCUT2D eigenvalue weighted by molar-refractivity contribution is 7.81. The molecular formula is C7H14N2OS. The molecule has 0 saturated carbocycles. The van der Waals surface area contributed by atoms with Gasteiger partial charge < -0.3 is 10.1 Å². The minimum Gasteiger partial charge on any atom is -0.360 e. The maximum atomic E-state index is 5.53. The molecule has 0 radical (unpaired) electrons. The number of hydrogen-bond acceptors (Lipinski definition) is 4. The van der Waals surface area contributed by atoms with Crippen LogP contribution in [0.3, 0.4) is 0 Å². The lowest BCUT2D eigenvalue weighted by atomic mass is 10.0. The number of thiol groups is 1. The van der Waals surface area contributed by atoms with E-state index in [0.29, 0.717) is 11.3 Å². The van der Waals surface area contributed by atoms with E-state index in [4.69, 9.17) is 4.74 Å². The molecule has 2 heterocycles. The highest BCUT2D eigenvalue weighted by Gasteiger charge is 2.33. The molecule has 64 valence electrons. The van der Waals surface area contributed by atoms with Crippen LogP contribution in [0.15, 0.2) is 0 Å². The van der Waals surface area contributed by atoms with Crippen LogP contribution < -0.4 is 10.6 Å². The SMILES string of the molecule is SC1CCNC2OCCNC12. The molecule has 2 saturated heterocycles. The summed E-state index contributed by atoms with van der Waals surface area (Å²) in [5.74, 6) is 0. The largest absolute Gasteiger partial charge is 0.360 e. The van der Waals surface area contributed by atoms with E-state index >= 15 is 0 Å². The number of rotatable bonds is 0. The van der Waals surface area contributed by atoms with Gasteiger partial charge in [0, 0.05) is 11.8 Å². The Hall–Kier alpha value is 0.230. The molecule has 2 aliphatic rings. The molecule has 3 unspecified atom stereocenters. The molecule has 2 N–H and O–H groups in total. The van der Waals surface area contributed by atoms with Gasteiger partial charge in [-0.15, -0.1) is 0 Å². The van der Waals surface area contributed by atoms with Gasteiger partial charge in [-0.25, -0.2) is 0 Å². The van der Waals surface area contributed by atoms with Crippen LogP contribution in [0.25, 0.3) is 0 Å². The molecule has 0 aromatic heterocycles. The molecule has 0 aromatic carbocycles. The number of fused-ring (bicyclic) bond motifs is 1. The number of piperidine rings is 1. The monoisotopic (exact) mass is 174 g/mol. The Bertz CT molecular complexity index is 142. The normalized spacial score (nSPS) is 45.0. The van der Waals surface area contributed by atoms with Crippen molar-refractivity contribution in [3.8, 4) is 0 Å². The van der Waals surface area contributed by atoms with Crippen molar-refractivity contribution in [1.82, 2.24) is 10.6 Å². The average molecular weight is 174 g/mol. The van der Waals surface area contributed by atoms with Crippen molar-refractivity contribution in [2.45, 2.75) is 23.9 Å². The first-order valence-corrected chi connectivity index (χ1v) is 4.66. The van der Waals surface area contributed by atoms with Gasteiger partial charge in [-0.05, 0) is 13.0 Å². The quantitative estimate of drug-likeness (QED) is 0.437. The number of morpholine rings is 1. The molecule has 11 heavy (non-hydrogen) atoms. The molecule has 2 rings (SSSR count). The summed E-state index contributed by atoms with van der Waals surface area (Å²) in [6.45, 7) is 2.80. The van der Waals surface area contributed by atoms with Crippen LogP contribution in [0.2, 0.25) is 0 Å². The Labute approximate surface area is 72.3 Å².